The molecule has 1 atom stereocenters. The predicted octanol–water partition coefficient (Wildman–Crippen LogP) is 0.672. The van der Waals surface area contributed by atoms with Crippen LogP contribution < -0.4 is 5.32 Å². The fourth-order valence-electron chi connectivity index (χ4n) is 2.48. The molecule has 7 heteroatoms. The topological polar surface area (TPSA) is 76.0 Å². The zero-order chi connectivity index (χ0) is 14.8. The first kappa shape index (κ1) is 15.0. The van der Waals surface area contributed by atoms with Crippen LogP contribution in [0.5, 0.6) is 11.5 Å². The van der Waals surface area contributed by atoms with Gasteiger partial charge in [0.15, 0.2) is 0 Å². The highest BCUT2D eigenvalue weighted by atomic mass is 19.3. The maximum atomic E-state index is 14.1. The second-order valence-electron chi connectivity index (χ2n) is 4.85. The summed E-state index contributed by atoms with van der Waals surface area (Å²) in [6, 6.07) is 2.05. The van der Waals surface area contributed by atoms with E-state index in [1.54, 1.807) is 0 Å². The Morgan fingerprint density at radius 2 is 1.90 bits per heavy atom. The van der Waals surface area contributed by atoms with Gasteiger partial charge < -0.3 is 20.6 Å². The van der Waals surface area contributed by atoms with E-state index >= 15 is 0 Å². The van der Waals surface area contributed by atoms with E-state index in [4.69, 9.17) is 5.11 Å². The van der Waals surface area contributed by atoms with Crippen LogP contribution in [-0.4, -0.2) is 58.9 Å². The van der Waals surface area contributed by atoms with E-state index in [0.717, 1.165) is 6.07 Å². The number of hydrogen-bond donors (Lipinski definition) is 4. The number of piperazine rings is 1. The van der Waals surface area contributed by atoms with Crippen molar-refractivity contribution >= 4 is 0 Å². The minimum atomic E-state index is -3.41. The molecule has 112 valence electrons. The Morgan fingerprint density at radius 3 is 2.50 bits per heavy atom. The van der Waals surface area contributed by atoms with Gasteiger partial charge >= 0.3 is 0 Å². The van der Waals surface area contributed by atoms with Gasteiger partial charge in [-0.1, -0.05) is 0 Å². The molecule has 0 radical (unpaired) electrons. The highest BCUT2D eigenvalue weighted by Crippen LogP contribution is 2.41. The SMILES string of the molecule is OCC(F)(F)[C@@H](c1cc(O)ccc1O)N1CCNCC1. The zero-order valence-corrected chi connectivity index (χ0v) is 10.9. The number of aliphatic hydroxyl groups excluding tert-OH is 1. The van der Waals surface area contributed by atoms with Gasteiger partial charge in [0, 0.05) is 31.7 Å². The Balaban J connectivity index is 2.42. The molecular weight excluding hydrogens is 270 g/mol. The number of nitrogens with one attached hydrogen (secondary N) is 1. The lowest BCUT2D eigenvalue weighted by molar-refractivity contribution is -0.119. The molecular formula is C13H18F2N2O3. The smallest absolute Gasteiger partial charge is 0.290 e. The van der Waals surface area contributed by atoms with Gasteiger partial charge in [0.1, 0.15) is 24.1 Å². The van der Waals surface area contributed by atoms with Gasteiger partial charge in [0.25, 0.3) is 5.92 Å². The van der Waals surface area contributed by atoms with Gasteiger partial charge in [-0.3, -0.25) is 4.90 Å². The molecule has 1 heterocycles. The van der Waals surface area contributed by atoms with E-state index in [0.29, 0.717) is 26.2 Å². The molecule has 2 rings (SSSR count). The van der Waals surface area contributed by atoms with Crippen molar-refractivity contribution in [1.29, 1.82) is 0 Å². The summed E-state index contributed by atoms with van der Waals surface area (Å²) in [6.07, 6.45) is 0. The van der Waals surface area contributed by atoms with Crippen LogP contribution in [0, 0.1) is 0 Å². The third-order valence-corrected chi connectivity index (χ3v) is 3.43. The summed E-state index contributed by atoms with van der Waals surface area (Å²) in [6.45, 7) is 0.524. The van der Waals surface area contributed by atoms with Crippen molar-refractivity contribution < 1.29 is 24.1 Å². The minimum Gasteiger partial charge on any atom is -0.508 e. The first-order valence-electron chi connectivity index (χ1n) is 6.41. The Morgan fingerprint density at radius 1 is 1.25 bits per heavy atom. The van der Waals surface area contributed by atoms with E-state index in [-0.39, 0.29) is 17.1 Å². The number of nitrogens with zero attached hydrogens (tertiary/aromatic N) is 1. The number of phenols is 2. The summed E-state index contributed by atoms with van der Waals surface area (Å²) >= 11 is 0. The van der Waals surface area contributed by atoms with E-state index in [2.05, 4.69) is 5.32 Å². The predicted molar refractivity (Wildman–Crippen MR) is 69.0 cm³/mol. The average Bonchev–Trinajstić information content (AvgIpc) is 2.44. The van der Waals surface area contributed by atoms with Crippen molar-refractivity contribution in [1.82, 2.24) is 10.2 Å². The summed E-state index contributed by atoms with van der Waals surface area (Å²) in [5.74, 6) is -3.94. The van der Waals surface area contributed by atoms with E-state index in [9.17, 15) is 19.0 Å². The number of rotatable bonds is 4. The first-order chi connectivity index (χ1) is 9.45. The molecule has 0 saturated carbocycles. The molecule has 0 aliphatic carbocycles. The summed E-state index contributed by atoms with van der Waals surface area (Å²) in [5, 5.41) is 31.3. The third-order valence-electron chi connectivity index (χ3n) is 3.43. The van der Waals surface area contributed by atoms with Crippen molar-refractivity contribution in [3.8, 4) is 11.5 Å². The monoisotopic (exact) mass is 288 g/mol. The fraction of sp³-hybridized carbons (Fsp3) is 0.538. The summed E-state index contributed by atoms with van der Waals surface area (Å²) < 4.78 is 28.2. The summed E-state index contributed by atoms with van der Waals surface area (Å²) in [7, 11) is 0. The number of hydrogen-bond acceptors (Lipinski definition) is 5. The van der Waals surface area contributed by atoms with Crippen molar-refractivity contribution in [2.45, 2.75) is 12.0 Å². The zero-order valence-electron chi connectivity index (χ0n) is 10.9. The van der Waals surface area contributed by atoms with Crippen LogP contribution in [0.2, 0.25) is 0 Å². The molecule has 0 aromatic heterocycles. The second kappa shape index (κ2) is 5.90. The molecule has 1 aliphatic heterocycles. The maximum absolute atomic E-state index is 14.1. The van der Waals surface area contributed by atoms with Crippen LogP contribution in [-0.2, 0) is 0 Å². The molecule has 1 saturated heterocycles. The Hall–Kier alpha value is -1.44. The molecule has 1 aliphatic rings. The highest BCUT2D eigenvalue weighted by molar-refractivity contribution is 5.41. The van der Waals surface area contributed by atoms with Crippen LogP contribution in [0.15, 0.2) is 18.2 Å². The molecule has 1 aromatic carbocycles. The van der Waals surface area contributed by atoms with Gasteiger partial charge in [-0.15, -0.1) is 0 Å². The molecule has 0 spiro atoms. The Kier molecular flexibility index (Phi) is 4.42. The number of alkyl halides is 2. The van der Waals surface area contributed by atoms with Gasteiger partial charge in [-0.25, -0.2) is 8.78 Å². The molecule has 1 fully saturated rings. The van der Waals surface area contributed by atoms with Crippen molar-refractivity contribution in [2.24, 2.45) is 0 Å². The summed E-state index contributed by atoms with van der Waals surface area (Å²) in [4.78, 5) is 1.50. The molecule has 0 unspecified atom stereocenters. The largest absolute Gasteiger partial charge is 0.508 e. The lowest BCUT2D eigenvalue weighted by Gasteiger charge is -2.38. The van der Waals surface area contributed by atoms with Gasteiger partial charge in [0.05, 0.1) is 0 Å². The molecule has 1 aromatic rings. The van der Waals surface area contributed by atoms with Crippen LogP contribution in [0.4, 0.5) is 8.78 Å². The molecule has 0 bridgehead atoms. The second-order valence-corrected chi connectivity index (χ2v) is 4.85. The minimum absolute atomic E-state index is 0.0778. The normalized spacial score (nSPS) is 18.9. The van der Waals surface area contributed by atoms with Crippen LogP contribution in [0.3, 0.4) is 0 Å². The number of benzene rings is 1. The van der Waals surface area contributed by atoms with E-state index in [1.165, 1.54) is 17.0 Å². The molecule has 4 N–H and O–H groups in total. The standard InChI is InChI=1S/C13H18F2N2O3/c14-13(15,8-18)12(17-5-3-16-4-6-17)10-7-9(19)1-2-11(10)20/h1-2,7,12,16,18-20H,3-6,8H2/t12-/m1/s1. The van der Waals surface area contributed by atoms with Crippen LogP contribution >= 0.6 is 0 Å². The average molecular weight is 288 g/mol. The molecule has 0 amide bonds. The fourth-order valence-corrected chi connectivity index (χ4v) is 2.48. The van der Waals surface area contributed by atoms with E-state index < -0.39 is 18.6 Å². The number of halogens is 2. The number of aliphatic hydroxyl groups is 1. The molecule has 20 heavy (non-hydrogen) atoms. The van der Waals surface area contributed by atoms with Crippen molar-refractivity contribution in [3.05, 3.63) is 23.8 Å². The van der Waals surface area contributed by atoms with Crippen molar-refractivity contribution in [3.63, 3.8) is 0 Å². The maximum Gasteiger partial charge on any atom is 0.290 e. The van der Waals surface area contributed by atoms with Crippen LogP contribution in [0.1, 0.15) is 11.6 Å². The quantitative estimate of drug-likeness (QED) is 0.613. The van der Waals surface area contributed by atoms with E-state index in [1.807, 2.05) is 0 Å². The lowest BCUT2D eigenvalue weighted by atomic mass is 9.97. The summed E-state index contributed by atoms with van der Waals surface area (Å²) in [5.41, 5.74) is -0.0778. The number of aromatic hydroxyl groups is 2. The molecule has 5 nitrogen and oxygen atoms in total. The first-order valence-corrected chi connectivity index (χ1v) is 6.41. The van der Waals surface area contributed by atoms with Crippen LogP contribution in [0.25, 0.3) is 0 Å². The lowest BCUT2D eigenvalue weighted by Crippen LogP contribution is -2.51. The highest BCUT2D eigenvalue weighted by Gasteiger charge is 2.45. The van der Waals surface area contributed by atoms with Gasteiger partial charge in [-0.2, -0.15) is 0 Å². The van der Waals surface area contributed by atoms with Crippen molar-refractivity contribution in [2.75, 3.05) is 32.8 Å². The Labute approximate surface area is 115 Å². The number of phenolic OH excluding ortho intramolecular Hbond substituents is 2. The third kappa shape index (κ3) is 3.00. The van der Waals surface area contributed by atoms with Gasteiger partial charge in [0.2, 0.25) is 0 Å². The van der Waals surface area contributed by atoms with Gasteiger partial charge in [-0.05, 0) is 18.2 Å². The Bertz CT molecular complexity index is 465.